The van der Waals surface area contributed by atoms with Crippen LogP contribution in [-0.4, -0.2) is 36.0 Å². The molecule has 13 heteroatoms. The van der Waals surface area contributed by atoms with E-state index < -0.39 is 6.30 Å². The number of benzene rings is 2. The van der Waals surface area contributed by atoms with Crippen LogP contribution < -0.4 is 15.8 Å². The second-order valence-corrected chi connectivity index (χ2v) is 8.85. The molecule has 0 fully saturated rings. The Morgan fingerprint density at radius 2 is 1.81 bits per heavy atom. The smallest absolute Gasteiger partial charge is 0.470 e. The number of ether oxygens (including phenoxy) is 1. The molecule has 0 amide bonds. The Kier molecular flexibility index (Phi) is 6.14. The van der Waals surface area contributed by atoms with Crippen LogP contribution in [0.1, 0.15) is 22.2 Å². The minimum Gasteiger partial charge on any atom is -0.470 e. The number of rotatable bonds is 7. The Morgan fingerprint density at radius 3 is 2.61 bits per heavy atom. The first kappa shape index (κ1) is 23.5. The van der Waals surface area contributed by atoms with Gasteiger partial charge in [0.2, 0.25) is 11.8 Å². The maximum atomic E-state index is 13.0. The molecule has 3 aromatic heterocycles. The molecular formula is C23H19F3N8OS. The first-order valence-electron chi connectivity index (χ1n) is 10.7. The van der Waals surface area contributed by atoms with E-state index >= 15 is 0 Å². The zero-order chi connectivity index (χ0) is 25.3. The summed E-state index contributed by atoms with van der Waals surface area (Å²) in [7, 11) is 0. The molecule has 0 atom stereocenters. The van der Waals surface area contributed by atoms with Gasteiger partial charge in [-0.2, -0.15) is 27.8 Å². The largest absolute Gasteiger partial charge is 0.482 e. The van der Waals surface area contributed by atoms with Gasteiger partial charge in [0, 0.05) is 18.2 Å². The fourth-order valence-corrected chi connectivity index (χ4v) is 4.49. The van der Waals surface area contributed by atoms with Crippen molar-refractivity contribution in [3.05, 3.63) is 76.8 Å². The van der Waals surface area contributed by atoms with Gasteiger partial charge in [-0.1, -0.05) is 30.3 Å². The van der Waals surface area contributed by atoms with Gasteiger partial charge in [0.05, 0.1) is 10.2 Å². The second kappa shape index (κ2) is 9.41. The molecule has 184 valence electrons. The van der Waals surface area contributed by atoms with Gasteiger partial charge in [-0.15, -0.1) is 16.4 Å². The SMILES string of the molecule is Cc1nc(OCc2nc3ccccc3s2)cc(-n2nc(N)nc2Cc2ccccc2NC(F)(F)F)n1. The number of hydrogen-bond donors (Lipinski definition) is 2. The van der Waals surface area contributed by atoms with Gasteiger partial charge in [0.25, 0.3) is 0 Å². The minimum atomic E-state index is -4.58. The highest BCUT2D eigenvalue weighted by atomic mass is 32.1. The van der Waals surface area contributed by atoms with Crippen LogP contribution >= 0.6 is 11.3 Å². The van der Waals surface area contributed by atoms with Crippen molar-refractivity contribution in [3.8, 4) is 11.7 Å². The summed E-state index contributed by atoms with van der Waals surface area (Å²) < 4.78 is 47.2. The van der Waals surface area contributed by atoms with Crippen LogP contribution in [0.2, 0.25) is 0 Å². The zero-order valence-electron chi connectivity index (χ0n) is 18.8. The summed E-state index contributed by atoms with van der Waals surface area (Å²) >= 11 is 1.52. The summed E-state index contributed by atoms with van der Waals surface area (Å²) in [4.78, 5) is 17.5. The van der Waals surface area contributed by atoms with Gasteiger partial charge >= 0.3 is 6.30 Å². The molecule has 9 nitrogen and oxygen atoms in total. The number of fused-ring (bicyclic) bond motifs is 1. The number of para-hydroxylation sites is 2. The molecule has 3 heterocycles. The maximum absolute atomic E-state index is 13.0. The summed E-state index contributed by atoms with van der Waals surface area (Å²) in [6.45, 7) is 1.90. The van der Waals surface area contributed by atoms with Crippen LogP contribution in [0.4, 0.5) is 24.8 Å². The number of thiazole rings is 1. The van der Waals surface area contributed by atoms with Crippen molar-refractivity contribution in [1.29, 1.82) is 0 Å². The molecule has 5 aromatic rings. The van der Waals surface area contributed by atoms with E-state index in [0.29, 0.717) is 23.0 Å². The molecule has 5 rings (SSSR count). The van der Waals surface area contributed by atoms with E-state index in [-0.39, 0.29) is 30.5 Å². The topological polar surface area (TPSA) is 117 Å². The van der Waals surface area contributed by atoms with Gasteiger partial charge in [0.1, 0.15) is 23.3 Å². The van der Waals surface area contributed by atoms with Crippen LogP contribution in [0.3, 0.4) is 0 Å². The highest BCUT2D eigenvalue weighted by molar-refractivity contribution is 7.18. The predicted molar refractivity (Wildman–Crippen MR) is 129 cm³/mol. The van der Waals surface area contributed by atoms with Crippen LogP contribution in [0.15, 0.2) is 54.6 Å². The van der Waals surface area contributed by atoms with Crippen molar-refractivity contribution in [2.24, 2.45) is 0 Å². The van der Waals surface area contributed by atoms with Crippen molar-refractivity contribution in [3.63, 3.8) is 0 Å². The van der Waals surface area contributed by atoms with E-state index in [0.717, 1.165) is 15.2 Å². The number of halogens is 3. The lowest BCUT2D eigenvalue weighted by atomic mass is 10.1. The van der Waals surface area contributed by atoms with Crippen LogP contribution in [0.5, 0.6) is 5.88 Å². The molecule has 36 heavy (non-hydrogen) atoms. The van der Waals surface area contributed by atoms with E-state index in [1.165, 1.54) is 28.2 Å². The van der Waals surface area contributed by atoms with Gasteiger partial charge in [-0.3, -0.25) is 5.32 Å². The maximum Gasteiger partial charge on any atom is 0.482 e. The highest BCUT2D eigenvalue weighted by Crippen LogP contribution is 2.26. The molecule has 0 unspecified atom stereocenters. The van der Waals surface area contributed by atoms with Crippen LogP contribution in [0, 0.1) is 6.92 Å². The monoisotopic (exact) mass is 512 g/mol. The van der Waals surface area contributed by atoms with Crippen LogP contribution in [0.25, 0.3) is 16.0 Å². The molecule has 0 aliphatic carbocycles. The van der Waals surface area contributed by atoms with Crippen molar-refractivity contribution in [1.82, 2.24) is 29.7 Å². The third-order valence-electron chi connectivity index (χ3n) is 5.03. The molecule has 0 spiro atoms. The molecule has 0 saturated heterocycles. The van der Waals surface area contributed by atoms with Gasteiger partial charge in [-0.25, -0.2) is 9.97 Å². The highest BCUT2D eigenvalue weighted by Gasteiger charge is 2.28. The molecule has 0 radical (unpaired) electrons. The fraction of sp³-hybridized carbons (Fsp3) is 0.174. The lowest BCUT2D eigenvalue weighted by Crippen LogP contribution is -2.21. The summed E-state index contributed by atoms with van der Waals surface area (Å²) in [6, 6.07) is 15.4. The van der Waals surface area contributed by atoms with Gasteiger partial charge in [0.15, 0.2) is 5.82 Å². The lowest BCUT2D eigenvalue weighted by molar-refractivity contribution is -0.1000. The van der Waals surface area contributed by atoms with Crippen molar-refractivity contribution >= 4 is 33.2 Å². The van der Waals surface area contributed by atoms with E-state index in [2.05, 4.69) is 25.0 Å². The standard InChI is InChI=1S/C23H19F3N8OS/c1-13-28-19(11-20(29-13)35-12-21-30-16-8-4-5-9-17(16)36-21)34-18(31-22(27)33-34)10-14-6-2-3-7-15(14)32-23(24,25)26/h2-9,11,32H,10,12H2,1H3,(H2,27,33). The predicted octanol–water partition coefficient (Wildman–Crippen LogP) is 4.66. The summed E-state index contributed by atoms with van der Waals surface area (Å²) in [5, 5.41) is 6.54. The zero-order valence-corrected chi connectivity index (χ0v) is 19.6. The normalized spacial score (nSPS) is 11.7. The number of hydrogen-bond acceptors (Lipinski definition) is 9. The Balaban J connectivity index is 1.41. The number of anilines is 2. The first-order valence-corrected chi connectivity index (χ1v) is 11.5. The van der Waals surface area contributed by atoms with Gasteiger partial charge in [-0.05, 0) is 30.7 Å². The number of aromatic nitrogens is 6. The molecule has 0 bridgehead atoms. The average molecular weight is 513 g/mol. The van der Waals surface area contributed by atoms with Crippen LogP contribution in [-0.2, 0) is 13.0 Å². The van der Waals surface area contributed by atoms with Crippen molar-refractivity contribution in [2.75, 3.05) is 11.1 Å². The molecular weight excluding hydrogens is 493 g/mol. The quantitative estimate of drug-likeness (QED) is 0.303. The Hall–Kier alpha value is -4.26. The number of nitrogens with zero attached hydrogens (tertiary/aromatic N) is 6. The molecule has 0 aliphatic heterocycles. The fourth-order valence-electron chi connectivity index (χ4n) is 3.60. The second-order valence-electron chi connectivity index (χ2n) is 7.73. The molecule has 2 aromatic carbocycles. The Labute approximate surface area is 206 Å². The minimum absolute atomic E-state index is 0.0222. The molecule has 0 saturated carbocycles. The van der Waals surface area contributed by atoms with Gasteiger partial charge < -0.3 is 10.5 Å². The molecule has 0 aliphatic rings. The summed E-state index contributed by atoms with van der Waals surface area (Å²) in [6.07, 6.45) is -4.56. The van der Waals surface area contributed by atoms with E-state index in [1.807, 2.05) is 24.3 Å². The van der Waals surface area contributed by atoms with E-state index in [4.69, 9.17) is 10.5 Å². The number of nitrogens with one attached hydrogen (secondary N) is 1. The number of nitrogen functional groups attached to an aromatic ring is 1. The Bertz CT molecular complexity index is 1500. The van der Waals surface area contributed by atoms with E-state index in [9.17, 15) is 13.2 Å². The number of aryl methyl sites for hydroxylation is 1. The van der Waals surface area contributed by atoms with E-state index in [1.54, 1.807) is 30.4 Å². The van der Waals surface area contributed by atoms with Crippen molar-refractivity contribution in [2.45, 2.75) is 26.3 Å². The van der Waals surface area contributed by atoms with Crippen molar-refractivity contribution < 1.29 is 17.9 Å². The first-order chi connectivity index (χ1) is 17.2. The number of nitrogens with two attached hydrogens (primary N) is 1. The third kappa shape index (κ3) is 5.35. The molecule has 3 N–H and O–H groups in total. The third-order valence-corrected chi connectivity index (χ3v) is 6.04. The summed E-state index contributed by atoms with van der Waals surface area (Å²) in [5.74, 6) is 1.28. The lowest BCUT2D eigenvalue weighted by Gasteiger charge is -2.14. The number of alkyl halides is 3. The Morgan fingerprint density at radius 1 is 1.03 bits per heavy atom. The average Bonchev–Trinajstić information content (AvgIpc) is 3.40. The summed E-state index contributed by atoms with van der Waals surface area (Å²) in [5.41, 5.74) is 7.01.